The predicted octanol–water partition coefficient (Wildman–Crippen LogP) is 4.47. The molecule has 1 N–H and O–H groups in total. The number of carbonyl (C=O) groups is 5. The molecule has 4 aromatic rings. The molecule has 270 valence electrons. The first-order chi connectivity index (χ1) is 25.0. The second-order valence-electron chi connectivity index (χ2n) is 12.4. The van der Waals surface area contributed by atoms with Crippen molar-refractivity contribution >= 4 is 40.2 Å². The predicted molar refractivity (Wildman–Crippen MR) is 185 cm³/mol. The zero-order valence-corrected chi connectivity index (χ0v) is 29.1. The number of ketones is 3. The van der Waals surface area contributed by atoms with Crippen LogP contribution in [0.25, 0.3) is 10.8 Å². The van der Waals surface area contributed by atoms with Gasteiger partial charge in [-0.1, -0.05) is 60.7 Å². The number of Topliss-reactive ketones (excluding diaryl/α,β-unsaturated/α-hetero) is 3. The van der Waals surface area contributed by atoms with Crippen molar-refractivity contribution in [3.63, 3.8) is 0 Å². The largest absolute Gasteiger partial charge is 0.496 e. The maximum atomic E-state index is 14.8. The van der Waals surface area contributed by atoms with E-state index in [0.29, 0.717) is 5.56 Å². The van der Waals surface area contributed by atoms with Crippen LogP contribution in [0.3, 0.4) is 0 Å². The Morgan fingerprint density at radius 1 is 0.885 bits per heavy atom. The molecule has 52 heavy (non-hydrogen) atoms. The molecule has 1 fully saturated rings. The summed E-state index contributed by atoms with van der Waals surface area (Å²) in [6, 6.07) is 20.7. The third kappa shape index (κ3) is 5.96. The van der Waals surface area contributed by atoms with Gasteiger partial charge in [0.15, 0.2) is 11.4 Å². The zero-order chi connectivity index (χ0) is 37.2. The van der Waals surface area contributed by atoms with E-state index in [4.69, 9.17) is 28.4 Å². The SMILES string of the molecule is COC(=O)c1c(OC)cc2cc3c(c(OC)c2c1CN(C)C(=O)OCc1ccccc1)C(=O)[C@@]1(O)C(=O)CCOC[C@@]1(OCc1ccccc1)C3=O. The standard InChI is InChI=1S/C39H37NO12/c1-40(37(45)51-20-23-11-7-5-8-12-23)19-27-30-25(18-28(47-2)31(27)36(44)49-4)17-26-32(33(30)48-3)35(43)39(46)29(41)15-16-50-22-38(39,34(26)42)52-21-24-13-9-6-10-14-24/h5-14,17-18,46H,15-16,19-22H2,1-4H3/t38-,39+/m1/s1. The Morgan fingerprint density at radius 3 is 2.15 bits per heavy atom. The third-order valence-corrected chi connectivity index (χ3v) is 9.44. The number of rotatable bonds is 10. The van der Waals surface area contributed by atoms with Gasteiger partial charge in [0.2, 0.25) is 17.2 Å². The van der Waals surface area contributed by atoms with Gasteiger partial charge in [-0.15, -0.1) is 0 Å². The van der Waals surface area contributed by atoms with E-state index in [-0.39, 0.29) is 71.7 Å². The van der Waals surface area contributed by atoms with Crippen molar-refractivity contribution in [3.05, 3.63) is 106 Å². The molecule has 13 nitrogen and oxygen atoms in total. The van der Waals surface area contributed by atoms with Crippen LogP contribution in [0.2, 0.25) is 0 Å². The number of benzene rings is 4. The van der Waals surface area contributed by atoms with Gasteiger partial charge in [-0.25, -0.2) is 9.59 Å². The summed E-state index contributed by atoms with van der Waals surface area (Å²) in [5.41, 5.74) is -4.64. The summed E-state index contributed by atoms with van der Waals surface area (Å²) in [5, 5.41) is 12.7. The van der Waals surface area contributed by atoms with Crippen LogP contribution in [-0.2, 0) is 43.5 Å². The van der Waals surface area contributed by atoms with Gasteiger partial charge in [-0.2, -0.15) is 0 Å². The van der Waals surface area contributed by atoms with Gasteiger partial charge in [0.05, 0.1) is 53.3 Å². The molecule has 1 aliphatic carbocycles. The molecule has 1 saturated heterocycles. The first-order valence-corrected chi connectivity index (χ1v) is 16.4. The second-order valence-corrected chi connectivity index (χ2v) is 12.4. The lowest BCUT2D eigenvalue weighted by atomic mass is 9.64. The number of hydrogen-bond donors (Lipinski definition) is 1. The number of amides is 1. The number of carbonyl (C=O) groups excluding carboxylic acids is 5. The number of aliphatic hydroxyl groups is 1. The van der Waals surface area contributed by atoms with Gasteiger partial charge in [-0.3, -0.25) is 14.4 Å². The van der Waals surface area contributed by atoms with E-state index >= 15 is 0 Å². The van der Waals surface area contributed by atoms with Gasteiger partial charge in [0.25, 0.3) is 0 Å². The maximum Gasteiger partial charge on any atom is 0.410 e. The molecule has 0 aromatic heterocycles. The zero-order valence-electron chi connectivity index (χ0n) is 29.1. The molecule has 0 saturated carbocycles. The fourth-order valence-electron chi connectivity index (χ4n) is 6.80. The maximum absolute atomic E-state index is 14.8. The molecule has 2 aliphatic rings. The normalized spacial score (nSPS) is 19.7. The van der Waals surface area contributed by atoms with Crippen LogP contribution in [-0.4, -0.2) is 92.2 Å². The van der Waals surface area contributed by atoms with Crippen molar-refractivity contribution in [2.45, 2.75) is 37.4 Å². The number of methoxy groups -OCH3 is 3. The van der Waals surface area contributed by atoms with Crippen LogP contribution in [0.4, 0.5) is 4.79 Å². The molecule has 0 radical (unpaired) electrons. The summed E-state index contributed by atoms with van der Waals surface area (Å²) >= 11 is 0. The van der Waals surface area contributed by atoms with E-state index in [1.165, 1.54) is 45.4 Å². The number of fused-ring (bicyclic) bond motifs is 3. The Balaban J connectivity index is 1.55. The molecular weight excluding hydrogens is 674 g/mol. The number of hydrogen-bond acceptors (Lipinski definition) is 12. The Morgan fingerprint density at radius 2 is 1.54 bits per heavy atom. The summed E-state index contributed by atoms with van der Waals surface area (Å²) < 4.78 is 33.9. The van der Waals surface area contributed by atoms with E-state index < -0.39 is 52.8 Å². The molecule has 2 atom stereocenters. The highest BCUT2D eigenvalue weighted by atomic mass is 16.6. The van der Waals surface area contributed by atoms with E-state index in [1.54, 1.807) is 42.5 Å². The molecule has 1 heterocycles. The summed E-state index contributed by atoms with van der Waals surface area (Å²) in [6.07, 6.45) is -1.11. The molecule has 0 bridgehead atoms. The highest BCUT2D eigenvalue weighted by molar-refractivity contribution is 6.33. The van der Waals surface area contributed by atoms with Crippen molar-refractivity contribution in [2.24, 2.45) is 0 Å². The Kier molecular flexibility index (Phi) is 10.1. The molecule has 4 aromatic carbocycles. The number of nitrogens with zero attached hydrogens (tertiary/aromatic N) is 1. The van der Waals surface area contributed by atoms with Crippen molar-refractivity contribution < 1.29 is 57.5 Å². The lowest BCUT2D eigenvalue weighted by Gasteiger charge is -2.45. The van der Waals surface area contributed by atoms with Gasteiger partial charge in [0.1, 0.15) is 23.7 Å². The smallest absolute Gasteiger partial charge is 0.410 e. The van der Waals surface area contributed by atoms with Crippen LogP contribution in [0.5, 0.6) is 11.5 Å². The molecule has 0 unspecified atom stereocenters. The molecule has 13 heteroatoms. The lowest BCUT2D eigenvalue weighted by molar-refractivity contribution is -0.171. The minimum atomic E-state index is -3.00. The van der Waals surface area contributed by atoms with Crippen LogP contribution in [0.15, 0.2) is 72.8 Å². The fraction of sp³-hybridized carbons (Fsp3) is 0.308. The van der Waals surface area contributed by atoms with Gasteiger partial charge >= 0.3 is 12.1 Å². The van der Waals surface area contributed by atoms with Crippen LogP contribution in [0.1, 0.15) is 54.2 Å². The van der Waals surface area contributed by atoms with E-state index in [0.717, 1.165) is 5.56 Å². The Labute approximate surface area is 298 Å². The Hall–Kier alpha value is -5.63. The highest BCUT2D eigenvalue weighted by Crippen LogP contribution is 2.49. The van der Waals surface area contributed by atoms with E-state index in [9.17, 15) is 29.1 Å². The molecule has 1 aliphatic heterocycles. The van der Waals surface area contributed by atoms with E-state index in [2.05, 4.69) is 0 Å². The summed E-state index contributed by atoms with van der Waals surface area (Å²) in [6.45, 7) is -1.29. The van der Waals surface area contributed by atoms with Gasteiger partial charge < -0.3 is 38.4 Å². The lowest BCUT2D eigenvalue weighted by Crippen LogP contribution is -2.72. The first-order valence-electron chi connectivity index (χ1n) is 16.4. The molecular formula is C39H37NO12. The van der Waals surface area contributed by atoms with Crippen molar-refractivity contribution in [1.29, 1.82) is 0 Å². The van der Waals surface area contributed by atoms with Gasteiger partial charge in [0, 0.05) is 30.0 Å². The average molecular weight is 712 g/mol. The van der Waals surface area contributed by atoms with E-state index in [1.807, 2.05) is 18.2 Å². The minimum absolute atomic E-state index is 0.0232. The molecule has 0 spiro atoms. The molecule has 1 amide bonds. The summed E-state index contributed by atoms with van der Waals surface area (Å²) in [4.78, 5) is 71.1. The highest BCUT2D eigenvalue weighted by Gasteiger charge is 2.70. The van der Waals surface area contributed by atoms with Crippen LogP contribution in [0, 0.1) is 0 Å². The second kappa shape index (κ2) is 14.5. The average Bonchev–Trinajstić information content (AvgIpc) is 3.30. The minimum Gasteiger partial charge on any atom is -0.496 e. The number of ether oxygens (including phenoxy) is 6. The third-order valence-electron chi connectivity index (χ3n) is 9.44. The summed E-state index contributed by atoms with van der Waals surface area (Å²) in [5.74, 6) is -3.99. The monoisotopic (exact) mass is 711 g/mol. The van der Waals surface area contributed by atoms with Gasteiger partial charge in [-0.05, 0) is 28.6 Å². The topological polar surface area (TPSA) is 164 Å². The van der Waals surface area contributed by atoms with Crippen molar-refractivity contribution in [1.82, 2.24) is 4.90 Å². The molecule has 6 rings (SSSR count). The van der Waals surface area contributed by atoms with Crippen LogP contribution < -0.4 is 9.47 Å². The van der Waals surface area contributed by atoms with Crippen molar-refractivity contribution in [3.8, 4) is 11.5 Å². The first kappa shape index (κ1) is 36.2. The quantitative estimate of drug-likeness (QED) is 0.182. The van der Waals surface area contributed by atoms with Crippen molar-refractivity contribution in [2.75, 3.05) is 41.6 Å². The number of esters is 1. The summed E-state index contributed by atoms with van der Waals surface area (Å²) in [7, 11) is 5.20. The fourth-order valence-corrected chi connectivity index (χ4v) is 6.80. The van der Waals surface area contributed by atoms with Crippen LogP contribution >= 0.6 is 0 Å². The Bertz CT molecular complexity index is 2060.